The van der Waals surface area contributed by atoms with Crippen LogP contribution in [0, 0.1) is 0 Å². The third kappa shape index (κ3) is 6.35. The molecule has 1 saturated heterocycles. The summed E-state index contributed by atoms with van der Waals surface area (Å²) in [4.78, 5) is 13.4. The van der Waals surface area contributed by atoms with Crippen LogP contribution in [0.3, 0.4) is 0 Å². The largest absolute Gasteiger partial charge is 0.496 e. The van der Waals surface area contributed by atoms with E-state index in [2.05, 4.69) is 18.7 Å². The molecular weight excluding hydrogens is 412 g/mol. The van der Waals surface area contributed by atoms with Crippen molar-refractivity contribution in [3.63, 3.8) is 0 Å². The third-order valence-electron chi connectivity index (χ3n) is 5.12. The molecular formula is C25H30O5S. The van der Waals surface area contributed by atoms with Gasteiger partial charge in [0.05, 0.1) is 32.5 Å². The van der Waals surface area contributed by atoms with Crippen molar-refractivity contribution in [2.45, 2.75) is 38.4 Å². The molecule has 2 atom stereocenters. The van der Waals surface area contributed by atoms with Crippen LogP contribution < -0.4 is 9.47 Å². The molecule has 2 aliphatic rings. The molecule has 2 aliphatic heterocycles. The number of Topliss-reactive ketones (excluding diaryl/α,β-unsaturated/α-hetero) is 1. The van der Waals surface area contributed by atoms with E-state index in [0.29, 0.717) is 18.8 Å². The highest BCUT2D eigenvalue weighted by Gasteiger charge is 2.31. The molecule has 0 spiro atoms. The van der Waals surface area contributed by atoms with Crippen LogP contribution in [0.4, 0.5) is 0 Å². The van der Waals surface area contributed by atoms with E-state index < -0.39 is 12.2 Å². The molecule has 1 aromatic rings. The second-order valence-electron chi connectivity index (χ2n) is 7.47. The molecule has 0 unspecified atom stereocenters. The molecule has 1 N–H and O–H groups in total. The first kappa shape index (κ1) is 23.4. The van der Waals surface area contributed by atoms with E-state index in [1.807, 2.05) is 37.3 Å². The van der Waals surface area contributed by atoms with Crippen molar-refractivity contribution < 1.29 is 24.1 Å². The number of aliphatic hydroxyl groups excluding tert-OH is 1. The van der Waals surface area contributed by atoms with E-state index >= 15 is 0 Å². The van der Waals surface area contributed by atoms with Gasteiger partial charge in [0.25, 0.3) is 0 Å². The monoisotopic (exact) mass is 442 g/mol. The van der Waals surface area contributed by atoms with E-state index in [-0.39, 0.29) is 25.2 Å². The van der Waals surface area contributed by atoms with Gasteiger partial charge in [0.15, 0.2) is 0 Å². The summed E-state index contributed by atoms with van der Waals surface area (Å²) in [6.45, 7) is 6.33. The Hall–Kier alpha value is -2.28. The van der Waals surface area contributed by atoms with Crippen LogP contribution in [-0.4, -0.2) is 43.1 Å². The van der Waals surface area contributed by atoms with E-state index in [0.717, 1.165) is 28.2 Å². The number of ketones is 1. The first-order chi connectivity index (χ1) is 15.0. The highest BCUT2D eigenvalue weighted by atomic mass is 32.2. The molecule has 31 heavy (non-hydrogen) atoms. The molecule has 166 valence electrons. The number of hydrogen-bond acceptors (Lipinski definition) is 6. The highest BCUT2D eigenvalue weighted by molar-refractivity contribution is 8.03. The molecule has 2 heterocycles. The Kier molecular flexibility index (Phi) is 8.58. The van der Waals surface area contributed by atoms with E-state index in [4.69, 9.17) is 14.2 Å². The van der Waals surface area contributed by atoms with Gasteiger partial charge in [-0.15, -0.1) is 11.8 Å². The predicted octanol–water partition coefficient (Wildman–Crippen LogP) is 4.72. The van der Waals surface area contributed by atoms with E-state index in [1.165, 1.54) is 4.91 Å². The topological polar surface area (TPSA) is 65.0 Å². The molecule has 0 bridgehead atoms. The number of ether oxygens (including phenoxy) is 3. The summed E-state index contributed by atoms with van der Waals surface area (Å²) in [7, 11) is 1.64. The van der Waals surface area contributed by atoms with Crippen molar-refractivity contribution in [2.24, 2.45) is 0 Å². The Bertz CT molecular complexity index is 899. The summed E-state index contributed by atoms with van der Waals surface area (Å²) in [5.41, 5.74) is 2.74. The lowest BCUT2D eigenvalue weighted by Crippen LogP contribution is -2.31. The van der Waals surface area contributed by atoms with Crippen LogP contribution in [0.2, 0.25) is 0 Å². The van der Waals surface area contributed by atoms with Crippen molar-refractivity contribution in [1.82, 2.24) is 0 Å². The Morgan fingerprint density at radius 2 is 2.10 bits per heavy atom. The third-order valence-corrected chi connectivity index (χ3v) is 6.11. The van der Waals surface area contributed by atoms with Gasteiger partial charge in [-0.05, 0) is 35.1 Å². The minimum absolute atomic E-state index is 0.0829. The number of carbonyl (C=O) groups excluding carboxylic acids is 1. The Balaban J connectivity index is 1.98. The SMILES string of the molecule is C=C1C=C(Cc2cc([C@H]3CC(=O)C[C@@H](CO)O3)c(OCC)cc2OC)SC/C=C\C=C/1. The number of hydrogen-bond donors (Lipinski definition) is 1. The van der Waals surface area contributed by atoms with Crippen LogP contribution in [0.1, 0.15) is 37.0 Å². The van der Waals surface area contributed by atoms with Gasteiger partial charge >= 0.3 is 0 Å². The van der Waals surface area contributed by atoms with Gasteiger partial charge in [0, 0.05) is 36.6 Å². The van der Waals surface area contributed by atoms with E-state index in [9.17, 15) is 9.90 Å². The molecule has 3 rings (SSSR count). The van der Waals surface area contributed by atoms with Gasteiger partial charge in [-0.25, -0.2) is 0 Å². The molecule has 0 radical (unpaired) electrons. The number of aliphatic hydroxyl groups is 1. The summed E-state index contributed by atoms with van der Waals surface area (Å²) in [5.74, 6) is 2.32. The van der Waals surface area contributed by atoms with E-state index in [1.54, 1.807) is 18.9 Å². The Labute approximate surface area is 188 Å². The molecule has 6 heteroatoms. The number of carbonyl (C=O) groups is 1. The highest BCUT2D eigenvalue weighted by Crippen LogP contribution is 2.40. The Morgan fingerprint density at radius 1 is 1.26 bits per heavy atom. The van der Waals surface area contributed by atoms with Crippen molar-refractivity contribution in [3.8, 4) is 11.5 Å². The zero-order valence-electron chi connectivity index (χ0n) is 18.1. The standard InChI is InChI=1S/C25H30O5S/c1-4-29-24-15-23(28-3)18(11-21-10-17(2)8-6-5-7-9-31-21)12-22(24)25-14-19(27)13-20(16-26)30-25/h5-8,10,12,15,20,25-26H,2,4,9,11,13-14,16H2,1,3H3/b7-5-,8-6-,21-10?/t20-,25+/m0/s1. The van der Waals surface area contributed by atoms with Gasteiger partial charge < -0.3 is 19.3 Å². The van der Waals surface area contributed by atoms with Crippen molar-refractivity contribution in [2.75, 3.05) is 26.1 Å². The fourth-order valence-electron chi connectivity index (χ4n) is 3.70. The minimum Gasteiger partial charge on any atom is -0.496 e. The maximum absolute atomic E-state index is 12.3. The lowest BCUT2D eigenvalue weighted by Gasteiger charge is -2.30. The summed E-state index contributed by atoms with van der Waals surface area (Å²) >= 11 is 1.76. The molecule has 1 aromatic carbocycles. The quantitative estimate of drug-likeness (QED) is 0.659. The smallest absolute Gasteiger partial charge is 0.138 e. The van der Waals surface area contributed by atoms with Gasteiger partial charge in [0.2, 0.25) is 0 Å². The molecule has 0 aromatic heterocycles. The summed E-state index contributed by atoms with van der Waals surface area (Å²) in [6.07, 6.45) is 10.5. The van der Waals surface area contributed by atoms with Crippen LogP contribution in [0.15, 0.2) is 59.6 Å². The average Bonchev–Trinajstić information content (AvgIpc) is 2.85. The van der Waals surface area contributed by atoms with Gasteiger partial charge in [-0.1, -0.05) is 30.9 Å². The molecule has 0 saturated carbocycles. The van der Waals surface area contributed by atoms with Crippen LogP contribution in [0.25, 0.3) is 0 Å². The number of benzene rings is 1. The second kappa shape index (κ2) is 11.4. The van der Waals surface area contributed by atoms with Crippen LogP contribution >= 0.6 is 11.8 Å². The molecule has 0 amide bonds. The summed E-state index contributed by atoms with van der Waals surface area (Å²) < 4.78 is 17.6. The van der Waals surface area contributed by atoms with Crippen molar-refractivity contribution in [3.05, 3.63) is 70.7 Å². The van der Waals surface area contributed by atoms with Gasteiger partial charge in [0.1, 0.15) is 17.3 Å². The van der Waals surface area contributed by atoms with Crippen molar-refractivity contribution >= 4 is 17.5 Å². The number of thioether (sulfide) groups is 1. The van der Waals surface area contributed by atoms with Crippen LogP contribution in [0.5, 0.6) is 11.5 Å². The fourth-order valence-corrected chi connectivity index (χ4v) is 4.62. The van der Waals surface area contributed by atoms with Gasteiger partial charge in [-0.2, -0.15) is 0 Å². The zero-order chi connectivity index (χ0) is 22.2. The minimum atomic E-state index is -0.485. The second-order valence-corrected chi connectivity index (χ2v) is 8.62. The normalized spacial score (nSPS) is 23.9. The van der Waals surface area contributed by atoms with Crippen molar-refractivity contribution in [1.29, 1.82) is 0 Å². The number of methoxy groups -OCH3 is 1. The summed E-state index contributed by atoms with van der Waals surface area (Å²) in [6, 6.07) is 3.89. The first-order valence-corrected chi connectivity index (χ1v) is 11.5. The zero-order valence-corrected chi connectivity index (χ0v) is 19.0. The lowest BCUT2D eigenvalue weighted by atomic mass is 9.94. The fraction of sp³-hybridized carbons (Fsp3) is 0.400. The number of rotatable bonds is 7. The van der Waals surface area contributed by atoms with Crippen LogP contribution in [-0.2, 0) is 16.0 Å². The maximum Gasteiger partial charge on any atom is 0.138 e. The van der Waals surface area contributed by atoms with Gasteiger partial charge in [-0.3, -0.25) is 4.79 Å². The molecule has 5 nitrogen and oxygen atoms in total. The lowest BCUT2D eigenvalue weighted by molar-refractivity contribution is -0.139. The molecule has 0 aliphatic carbocycles. The summed E-state index contributed by atoms with van der Waals surface area (Å²) in [5, 5.41) is 9.54. The Morgan fingerprint density at radius 3 is 2.84 bits per heavy atom. The predicted molar refractivity (Wildman–Crippen MR) is 125 cm³/mol. The first-order valence-electron chi connectivity index (χ1n) is 10.5. The maximum atomic E-state index is 12.3. The number of allylic oxidation sites excluding steroid dienone is 6. The average molecular weight is 443 g/mol. The molecule has 1 fully saturated rings.